The molecule has 25 heavy (non-hydrogen) atoms. The fourth-order valence-corrected chi connectivity index (χ4v) is 3.11. The van der Waals surface area contributed by atoms with Gasteiger partial charge < -0.3 is 5.32 Å². The molecule has 2 rings (SSSR count). The average molecular weight is 368 g/mol. The molecule has 0 aromatic heterocycles. The second-order valence-electron chi connectivity index (χ2n) is 5.00. The molecule has 2 aromatic carbocycles. The third-order valence-corrected chi connectivity index (χ3v) is 4.47. The molecule has 0 aliphatic heterocycles. The molecule has 0 spiro atoms. The molecule has 0 bridgehead atoms. The number of imide groups is 1. The van der Waals surface area contributed by atoms with Crippen LogP contribution in [0.15, 0.2) is 59.5 Å². The van der Waals surface area contributed by atoms with Crippen molar-refractivity contribution in [2.45, 2.75) is 16.3 Å². The van der Waals surface area contributed by atoms with Crippen molar-refractivity contribution in [3.8, 4) is 0 Å². The third-order valence-electron chi connectivity index (χ3n) is 3.22. The fraction of sp³-hybridized carbons (Fsp3) is 0.176. The lowest BCUT2D eigenvalue weighted by molar-refractivity contribution is -0.137. The van der Waals surface area contributed by atoms with Gasteiger partial charge in [-0.2, -0.15) is 13.2 Å². The molecule has 8 heteroatoms. The quantitative estimate of drug-likeness (QED) is 0.802. The molecule has 2 N–H and O–H groups in total. The van der Waals surface area contributed by atoms with Crippen LogP contribution in [0.4, 0.5) is 18.0 Å². The average Bonchev–Trinajstić information content (AvgIpc) is 2.59. The van der Waals surface area contributed by atoms with E-state index in [1.165, 1.54) is 19.2 Å². The Morgan fingerprint density at radius 1 is 1.04 bits per heavy atom. The molecular formula is C17H15F3N2O2S. The summed E-state index contributed by atoms with van der Waals surface area (Å²) in [6, 6.07) is 12.6. The van der Waals surface area contributed by atoms with Crippen molar-refractivity contribution in [1.82, 2.24) is 10.6 Å². The largest absolute Gasteiger partial charge is 0.416 e. The van der Waals surface area contributed by atoms with Gasteiger partial charge in [-0.15, -0.1) is 11.8 Å². The maximum Gasteiger partial charge on any atom is 0.416 e. The standard InChI is InChI=1S/C17H15F3N2O2S/c1-21-16(24)22-15(23)14(11-6-3-2-4-7-11)25-13-9-5-8-12(10-13)17(18,19)20/h2-10,14H,1H3,(H2,21,22,23,24)/t14-/m0/s1. The van der Waals surface area contributed by atoms with Gasteiger partial charge in [0.1, 0.15) is 5.25 Å². The number of alkyl halides is 3. The van der Waals surface area contributed by atoms with E-state index in [1.807, 2.05) is 0 Å². The van der Waals surface area contributed by atoms with Gasteiger partial charge >= 0.3 is 12.2 Å². The molecular weight excluding hydrogens is 353 g/mol. The highest BCUT2D eigenvalue weighted by atomic mass is 32.2. The Morgan fingerprint density at radius 2 is 1.72 bits per heavy atom. The van der Waals surface area contributed by atoms with Crippen molar-refractivity contribution in [3.05, 3.63) is 65.7 Å². The molecule has 0 heterocycles. The van der Waals surface area contributed by atoms with Gasteiger partial charge in [0, 0.05) is 11.9 Å². The number of halogens is 3. The second-order valence-corrected chi connectivity index (χ2v) is 6.18. The zero-order valence-electron chi connectivity index (χ0n) is 13.1. The van der Waals surface area contributed by atoms with Crippen molar-refractivity contribution in [2.75, 3.05) is 7.05 Å². The molecule has 0 saturated carbocycles. The summed E-state index contributed by atoms with van der Waals surface area (Å²) in [6.07, 6.45) is -4.47. The molecule has 1 atom stereocenters. The number of urea groups is 1. The summed E-state index contributed by atoms with van der Waals surface area (Å²) in [6.45, 7) is 0. The second kappa shape index (κ2) is 8.06. The van der Waals surface area contributed by atoms with Crippen LogP contribution in [0.5, 0.6) is 0 Å². The Morgan fingerprint density at radius 3 is 2.32 bits per heavy atom. The smallest absolute Gasteiger partial charge is 0.341 e. The Labute approximate surface area is 146 Å². The van der Waals surface area contributed by atoms with Gasteiger partial charge in [-0.25, -0.2) is 4.79 Å². The first-order valence-corrected chi connectivity index (χ1v) is 8.10. The number of hydrogen-bond acceptors (Lipinski definition) is 3. The van der Waals surface area contributed by atoms with Gasteiger partial charge in [-0.1, -0.05) is 36.4 Å². The number of amides is 3. The number of thioether (sulfide) groups is 1. The number of carbonyl (C=O) groups is 2. The van der Waals surface area contributed by atoms with Gasteiger partial charge in [0.25, 0.3) is 0 Å². The van der Waals surface area contributed by atoms with Gasteiger partial charge in [-0.05, 0) is 23.8 Å². The predicted molar refractivity (Wildman–Crippen MR) is 89.1 cm³/mol. The van der Waals surface area contributed by atoms with Crippen LogP contribution in [0.2, 0.25) is 0 Å². The van der Waals surface area contributed by atoms with Crippen molar-refractivity contribution < 1.29 is 22.8 Å². The van der Waals surface area contributed by atoms with E-state index in [2.05, 4.69) is 10.6 Å². The maximum absolute atomic E-state index is 12.9. The predicted octanol–water partition coefficient (Wildman–Crippen LogP) is 3.99. The van der Waals surface area contributed by atoms with Crippen LogP contribution in [-0.4, -0.2) is 19.0 Å². The number of hydrogen-bond donors (Lipinski definition) is 2. The molecule has 0 fully saturated rings. The third kappa shape index (κ3) is 5.25. The van der Waals surface area contributed by atoms with Crippen LogP contribution in [0.3, 0.4) is 0 Å². The first kappa shape index (κ1) is 18.9. The van der Waals surface area contributed by atoms with Crippen molar-refractivity contribution in [1.29, 1.82) is 0 Å². The van der Waals surface area contributed by atoms with Crippen LogP contribution in [0.1, 0.15) is 16.4 Å². The van der Waals surface area contributed by atoms with E-state index in [9.17, 15) is 22.8 Å². The summed E-state index contributed by atoms with van der Waals surface area (Å²) in [7, 11) is 1.36. The monoisotopic (exact) mass is 368 g/mol. The number of rotatable bonds is 4. The van der Waals surface area contributed by atoms with Crippen molar-refractivity contribution >= 4 is 23.7 Å². The van der Waals surface area contributed by atoms with Gasteiger partial charge in [0.15, 0.2) is 0 Å². The van der Waals surface area contributed by atoms with E-state index in [-0.39, 0.29) is 4.90 Å². The Hall–Kier alpha value is -2.48. The van der Waals surface area contributed by atoms with Crippen molar-refractivity contribution in [3.63, 3.8) is 0 Å². The van der Waals surface area contributed by atoms with Crippen LogP contribution < -0.4 is 10.6 Å². The Balaban J connectivity index is 2.31. The number of benzene rings is 2. The minimum atomic E-state index is -4.47. The van der Waals surface area contributed by atoms with E-state index in [0.717, 1.165) is 23.9 Å². The first-order chi connectivity index (χ1) is 11.8. The molecule has 4 nitrogen and oxygen atoms in total. The van der Waals surface area contributed by atoms with Crippen LogP contribution >= 0.6 is 11.8 Å². The van der Waals surface area contributed by atoms with E-state index in [1.54, 1.807) is 30.3 Å². The van der Waals surface area contributed by atoms with Crippen LogP contribution in [0.25, 0.3) is 0 Å². The molecule has 0 saturated heterocycles. The number of carbonyl (C=O) groups excluding carboxylic acids is 2. The van der Waals surface area contributed by atoms with Gasteiger partial charge in [0.2, 0.25) is 5.91 Å². The zero-order chi connectivity index (χ0) is 18.4. The summed E-state index contributed by atoms with van der Waals surface area (Å²) in [5.74, 6) is -0.618. The minimum Gasteiger partial charge on any atom is -0.341 e. The lowest BCUT2D eigenvalue weighted by atomic mass is 10.1. The highest BCUT2D eigenvalue weighted by Crippen LogP contribution is 2.38. The van der Waals surface area contributed by atoms with E-state index >= 15 is 0 Å². The van der Waals surface area contributed by atoms with E-state index < -0.39 is 28.9 Å². The van der Waals surface area contributed by atoms with Gasteiger partial charge in [-0.3, -0.25) is 10.1 Å². The van der Waals surface area contributed by atoms with E-state index in [0.29, 0.717) is 5.56 Å². The van der Waals surface area contributed by atoms with Crippen LogP contribution in [0, 0.1) is 0 Å². The highest BCUT2D eigenvalue weighted by molar-refractivity contribution is 8.00. The maximum atomic E-state index is 12.9. The summed E-state index contributed by atoms with van der Waals surface area (Å²) in [5, 5.41) is 3.55. The summed E-state index contributed by atoms with van der Waals surface area (Å²) >= 11 is 0.941. The van der Waals surface area contributed by atoms with Crippen molar-refractivity contribution in [2.24, 2.45) is 0 Å². The zero-order valence-corrected chi connectivity index (χ0v) is 13.9. The lowest BCUT2D eigenvalue weighted by Crippen LogP contribution is -2.39. The summed E-state index contributed by atoms with van der Waals surface area (Å²) < 4.78 is 38.6. The molecule has 3 amide bonds. The molecule has 0 unspecified atom stereocenters. The lowest BCUT2D eigenvalue weighted by Gasteiger charge is -2.17. The summed E-state index contributed by atoms with van der Waals surface area (Å²) in [5.41, 5.74) is -0.220. The van der Waals surface area contributed by atoms with Crippen LogP contribution in [-0.2, 0) is 11.0 Å². The van der Waals surface area contributed by atoms with E-state index in [4.69, 9.17) is 0 Å². The molecule has 0 aliphatic carbocycles. The number of nitrogens with one attached hydrogen (secondary N) is 2. The highest BCUT2D eigenvalue weighted by Gasteiger charge is 2.31. The summed E-state index contributed by atoms with van der Waals surface area (Å²) in [4.78, 5) is 24.1. The fourth-order valence-electron chi connectivity index (χ4n) is 2.02. The SMILES string of the molecule is CNC(=O)NC(=O)[C@@H](Sc1cccc(C(F)(F)F)c1)c1ccccc1. The minimum absolute atomic E-state index is 0.274. The topological polar surface area (TPSA) is 58.2 Å². The molecule has 2 aromatic rings. The molecule has 0 aliphatic rings. The Bertz CT molecular complexity index is 751. The first-order valence-electron chi connectivity index (χ1n) is 7.22. The normalized spacial score (nSPS) is 12.3. The molecule has 132 valence electrons. The van der Waals surface area contributed by atoms with Gasteiger partial charge in [0.05, 0.1) is 5.56 Å². The molecule has 0 radical (unpaired) electrons. The Kier molecular flexibility index (Phi) is 6.08.